The smallest absolute Gasteiger partial charge is 0.238 e. The SMILES string of the molecule is COc1ccc(C(=O)CSc2nc3c(c(Nc4ccc(S(N)(=O)=O)cc4)n2)CCC3)cc1. The number of primary sulfonamides is 1. The summed E-state index contributed by atoms with van der Waals surface area (Å²) in [4.78, 5) is 21.9. The minimum Gasteiger partial charge on any atom is -0.497 e. The fraction of sp³-hybridized carbons (Fsp3) is 0.227. The van der Waals surface area contributed by atoms with Crippen molar-refractivity contribution in [3.63, 3.8) is 0 Å². The van der Waals surface area contributed by atoms with Crippen molar-refractivity contribution in [1.29, 1.82) is 0 Å². The summed E-state index contributed by atoms with van der Waals surface area (Å²) in [5, 5.41) is 8.94. The summed E-state index contributed by atoms with van der Waals surface area (Å²) in [7, 11) is -2.17. The van der Waals surface area contributed by atoms with E-state index in [1.165, 1.54) is 23.9 Å². The standard InChI is InChI=1S/C22H22N4O4S2/c1-30-16-9-5-14(6-10-16)20(27)13-31-22-25-19-4-2-3-18(19)21(26-22)24-15-7-11-17(12-8-15)32(23,28)29/h5-12H,2-4,13H2,1H3,(H2,23,28,29)(H,24,25,26). The Morgan fingerprint density at radius 1 is 1.09 bits per heavy atom. The van der Waals surface area contributed by atoms with Crippen LogP contribution in [0.15, 0.2) is 58.6 Å². The summed E-state index contributed by atoms with van der Waals surface area (Å²) in [5.74, 6) is 1.57. The average molecular weight is 471 g/mol. The molecular formula is C22H22N4O4S2. The number of methoxy groups -OCH3 is 1. The summed E-state index contributed by atoms with van der Waals surface area (Å²) in [6.07, 6.45) is 2.71. The molecule has 0 fully saturated rings. The Labute approximate surface area is 190 Å². The zero-order chi connectivity index (χ0) is 22.7. The molecule has 3 N–H and O–H groups in total. The first kappa shape index (κ1) is 22.3. The first-order chi connectivity index (χ1) is 15.3. The third-order valence-corrected chi connectivity index (χ3v) is 6.88. The minimum absolute atomic E-state index is 0.0187. The topological polar surface area (TPSA) is 124 Å². The first-order valence-corrected chi connectivity index (χ1v) is 12.5. The van der Waals surface area contributed by atoms with Crippen LogP contribution in [0.25, 0.3) is 0 Å². The van der Waals surface area contributed by atoms with E-state index in [4.69, 9.17) is 9.88 Å². The average Bonchev–Trinajstić information content (AvgIpc) is 3.26. The lowest BCUT2D eigenvalue weighted by molar-refractivity contribution is 0.102. The Hall–Kier alpha value is -2.95. The van der Waals surface area contributed by atoms with Gasteiger partial charge in [0.15, 0.2) is 10.9 Å². The van der Waals surface area contributed by atoms with Gasteiger partial charge in [-0.2, -0.15) is 0 Å². The zero-order valence-electron chi connectivity index (χ0n) is 17.4. The Morgan fingerprint density at radius 3 is 2.47 bits per heavy atom. The minimum atomic E-state index is -3.75. The fourth-order valence-corrected chi connectivity index (χ4v) is 4.71. The largest absolute Gasteiger partial charge is 0.497 e. The second-order valence-corrected chi connectivity index (χ2v) is 9.77. The highest BCUT2D eigenvalue weighted by atomic mass is 32.2. The third-order valence-electron chi connectivity index (χ3n) is 5.10. The van der Waals surface area contributed by atoms with E-state index in [9.17, 15) is 13.2 Å². The predicted octanol–water partition coefficient (Wildman–Crippen LogP) is 3.34. The second kappa shape index (κ2) is 9.27. The van der Waals surface area contributed by atoms with Crippen LogP contribution in [0.5, 0.6) is 5.75 Å². The molecule has 1 aliphatic carbocycles. The van der Waals surface area contributed by atoms with Gasteiger partial charge in [0.25, 0.3) is 0 Å². The number of ketones is 1. The highest BCUT2D eigenvalue weighted by molar-refractivity contribution is 7.99. The number of aryl methyl sites for hydroxylation is 1. The van der Waals surface area contributed by atoms with Gasteiger partial charge in [0.05, 0.1) is 23.5 Å². The molecule has 166 valence electrons. The van der Waals surface area contributed by atoms with Gasteiger partial charge >= 0.3 is 0 Å². The lowest BCUT2D eigenvalue weighted by atomic mass is 10.1. The van der Waals surface area contributed by atoms with Crippen LogP contribution in [0.3, 0.4) is 0 Å². The van der Waals surface area contributed by atoms with Gasteiger partial charge in [-0.25, -0.2) is 23.5 Å². The lowest BCUT2D eigenvalue weighted by Gasteiger charge is -2.12. The predicted molar refractivity (Wildman–Crippen MR) is 123 cm³/mol. The van der Waals surface area contributed by atoms with Gasteiger partial charge in [-0.05, 0) is 67.8 Å². The first-order valence-electron chi connectivity index (χ1n) is 9.93. The van der Waals surface area contributed by atoms with Crippen molar-refractivity contribution in [3.8, 4) is 5.75 Å². The molecule has 0 spiro atoms. The Morgan fingerprint density at radius 2 is 1.81 bits per heavy atom. The number of rotatable bonds is 8. The van der Waals surface area contributed by atoms with Crippen LogP contribution in [-0.2, 0) is 22.9 Å². The highest BCUT2D eigenvalue weighted by Gasteiger charge is 2.20. The molecule has 0 saturated carbocycles. The van der Waals surface area contributed by atoms with Crippen molar-refractivity contribution >= 4 is 39.1 Å². The van der Waals surface area contributed by atoms with Crippen molar-refractivity contribution in [2.75, 3.05) is 18.2 Å². The molecular weight excluding hydrogens is 448 g/mol. The Bertz CT molecular complexity index is 1240. The number of sulfonamides is 1. The molecule has 0 unspecified atom stereocenters. The van der Waals surface area contributed by atoms with Crippen LogP contribution in [0.2, 0.25) is 0 Å². The van der Waals surface area contributed by atoms with E-state index >= 15 is 0 Å². The van der Waals surface area contributed by atoms with Crippen LogP contribution in [0.4, 0.5) is 11.5 Å². The summed E-state index contributed by atoms with van der Waals surface area (Å²) < 4.78 is 28.1. The maximum absolute atomic E-state index is 12.5. The van der Waals surface area contributed by atoms with Crippen LogP contribution in [-0.4, -0.2) is 37.0 Å². The molecule has 0 aliphatic heterocycles. The van der Waals surface area contributed by atoms with E-state index in [2.05, 4.69) is 15.3 Å². The molecule has 3 aromatic rings. The molecule has 1 aromatic heterocycles. The highest BCUT2D eigenvalue weighted by Crippen LogP contribution is 2.31. The van der Waals surface area contributed by atoms with Crippen LogP contribution in [0, 0.1) is 0 Å². The Kier molecular flexibility index (Phi) is 6.45. The van der Waals surface area contributed by atoms with E-state index in [1.807, 2.05) is 0 Å². The molecule has 0 amide bonds. The lowest BCUT2D eigenvalue weighted by Crippen LogP contribution is -2.12. The third kappa shape index (κ3) is 5.09. The van der Waals surface area contributed by atoms with Gasteiger partial charge in [-0.1, -0.05) is 11.8 Å². The van der Waals surface area contributed by atoms with E-state index in [0.717, 1.165) is 30.5 Å². The Balaban J connectivity index is 1.50. The number of anilines is 2. The number of nitrogens with one attached hydrogen (secondary N) is 1. The van der Waals surface area contributed by atoms with E-state index in [0.29, 0.717) is 28.0 Å². The molecule has 0 atom stereocenters. The molecule has 4 rings (SSSR count). The molecule has 32 heavy (non-hydrogen) atoms. The fourth-order valence-electron chi connectivity index (χ4n) is 3.43. The van der Waals surface area contributed by atoms with Crippen LogP contribution < -0.4 is 15.2 Å². The number of nitrogens with zero attached hydrogens (tertiary/aromatic N) is 2. The van der Waals surface area contributed by atoms with Crippen LogP contribution in [0.1, 0.15) is 28.0 Å². The number of hydrogen-bond donors (Lipinski definition) is 2. The van der Waals surface area contributed by atoms with Gasteiger partial charge in [0.2, 0.25) is 10.0 Å². The maximum Gasteiger partial charge on any atom is 0.238 e. The van der Waals surface area contributed by atoms with E-state index in [-0.39, 0.29) is 16.4 Å². The van der Waals surface area contributed by atoms with Gasteiger partial charge in [0.1, 0.15) is 11.6 Å². The van der Waals surface area contributed by atoms with Gasteiger partial charge in [0, 0.05) is 16.8 Å². The quantitative estimate of drug-likeness (QED) is 0.292. The summed E-state index contributed by atoms with van der Waals surface area (Å²) in [5.41, 5.74) is 3.32. The number of carbonyl (C=O) groups is 1. The van der Waals surface area contributed by atoms with Gasteiger partial charge < -0.3 is 10.1 Å². The number of Topliss-reactive ketones (excluding diaryl/α,β-unsaturated/α-hetero) is 1. The van der Waals surface area contributed by atoms with E-state index < -0.39 is 10.0 Å². The van der Waals surface area contributed by atoms with Crippen molar-refractivity contribution in [2.45, 2.75) is 29.3 Å². The number of carbonyl (C=O) groups excluding carboxylic acids is 1. The normalized spacial score (nSPS) is 12.9. The number of benzene rings is 2. The summed E-state index contributed by atoms with van der Waals surface area (Å²) in [6, 6.07) is 13.2. The summed E-state index contributed by atoms with van der Waals surface area (Å²) >= 11 is 1.29. The molecule has 0 saturated heterocycles. The van der Waals surface area contributed by atoms with Crippen molar-refractivity contribution < 1.29 is 17.9 Å². The zero-order valence-corrected chi connectivity index (χ0v) is 19.0. The number of aromatic nitrogens is 2. The molecule has 10 heteroatoms. The molecule has 1 aliphatic rings. The molecule has 1 heterocycles. The van der Waals surface area contributed by atoms with Crippen LogP contribution >= 0.6 is 11.8 Å². The molecule has 8 nitrogen and oxygen atoms in total. The monoisotopic (exact) mass is 470 g/mol. The van der Waals surface area contributed by atoms with Crippen molar-refractivity contribution in [3.05, 3.63) is 65.4 Å². The second-order valence-electron chi connectivity index (χ2n) is 7.27. The number of hydrogen-bond acceptors (Lipinski definition) is 8. The maximum atomic E-state index is 12.5. The molecule has 0 radical (unpaired) electrons. The van der Waals surface area contributed by atoms with E-state index in [1.54, 1.807) is 43.5 Å². The number of thioether (sulfide) groups is 1. The molecule has 2 aromatic carbocycles. The van der Waals surface area contributed by atoms with Gasteiger partial charge in [-0.3, -0.25) is 4.79 Å². The van der Waals surface area contributed by atoms with Crippen molar-refractivity contribution in [1.82, 2.24) is 9.97 Å². The van der Waals surface area contributed by atoms with Gasteiger partial charge in [-0.15, -0.1) is 0 Å². The number of ether oxygens (including phenoxy) is 1. The number of fused-ring (bicyclic) bond motifs is 1. The van der Waals surface area contributed by atoms with Crippen molar-refractivity contribution in [2.24, 2.45) is 5.14 Å². The number of nitrogens with two attached hydrogens (primary N) is 1. The molecule has 0 bridgehead atoms. The summed E-state index contributed by atoms with van der Waals surface area (Å²) in [6.45, 7) is 0.